The monoisotopic (exact) mass is 165 g/mol. The van der Waals surface area contributed by atoms with Crippen molar-refractivity contribution in [2.24, 2.45) is 0 Å². The van der Waals surface area contributed by atoms with Crippen molar-refractivity contribution in [3.63, 3.8) is 0 Å². The molecule has 0 unspecified atom stereocenters. The molecule has 12 heavy (non-hydrogen) atoms. The van der Waals surface area contributed by atoms with Gasteiger partial charge in [-0.15, -0.1) is 0 Å². The third-order valence-electron chi connectivity index (χ3n) is 1.15. The lowest BCUT2D eigenvalue weighted by Gasteiger charge is -2.03. The van der Waals surface area contributed by atoms with Gasteiger partial charge in [0.2, 0.25) is 0 Å². The molecule has 0 bridgehead atoms. The third-order valence-corrected chi connectivity index (χ3v) is 1.15. The summed E-state index contributed by atoms with van der Waals surface area (Å²) in [5.74, 6) is 0. The van der Waals surface area contributed by atoms with Crippen LogP contribution >= 0.6 is 0 Å². The van der Waals surface area contributed by atoms with Crippen LogP contribution in [0.15, 0.2) is 49.2 Å². The summed E-state index contributed by atoms with van der Waals surface area (Å²) in [6.45, 7) is 14.9. The number of allylic oxidation sites excluding steroid dienone is 3. The molecule has 0 aromatic rings. The Hall–Kier alpha value is -1.24. The fraction of sp³-hybridized carbons (Fsp3) is 0.273. The molecule has 0 heterocycles. The summed E-state index contributed by atoms with van der Waals surface area (Å²) in [6.07, 6.45) is 5.26. The fourth-order valence-corrected chi connectivity index (χ4v) is 0.579. The first kappa shape index (κ1) is 13.4. The molecule has 0 saturated carbocycles. The van der Waals surface area contributed by atoms with Crippen molar-refractivity contribution in [2.45, 2.75) is 13.8 Å². The normalized spacial score (nSPS) is 9.08. The highest BCUT2D eigenvalue weighted by Crippen LogP contribution is 2.03. The molecule has 0 fully saturated rings. The smallest absolute Gasteiger partial charge is 0.0404 e. The molecule has 68 valence electrons. The second-order valence-electron chi connectivity index (χ2n) is 1.80. The minimum atomic E-state index is 0.877. The molecule has 0 aromatic carbocycles. The molecule has 0 saturated heterocycles. The van der Waals surface area contributed by atoms with E-state index in [2.05, 4.69) is 25.1 Å². The third kappa shape index (κ3) is 5.54. The summed E-state index contributed by atoms with van der Waals surface area (Å²) >= 11 is 0. The van der Waals surface area contributed by atoms with Gasteiger partial charge in [0, 0.05) is 12.7 Å². The highest BCUT2D eigenvalue weighted by Gasteiger charge is 1.91. The molecule has 0 spiro atoms. The lowest BCUT2D eigenvalue weighted by atomic mass is 10.2. The van der Waals surface area contributed by atoms with Crippen LogP contribution in [0.25, 0.3) is 0 Å². The van der Waals surface area contributed by atoms with Gasteiger partial charge >= 0.3 is 0 Å². The zero-order chi connectivity index (χ0) is 9.98. The quantitative estimate of drug-likeness (QED) is 0.631. The largest absolute Gasteiger partial charge is 0.388 e. The highest BCUT2D eigenvalue weighted by atomic mass is 14.8. The van der Waals surface area contributed by atoms with E-state index in [1.165, 1.54) is 0 Å². The Morgan fingerprint density at radius 3 is 2.00 bits per heavy atom. The van der Waals surface area contributed by atoms with Crippen molar-refractivity contribution < 1.29 is 0 Å². The van der Waals surface area contributed by atoms with Gasteiger partial charge in [-0.1, -0.05) is 45.7 Å². The molecule has 0 amide bonds. The summed E-state index contributed by atoms with van der Waals surface area (Å²) in [7, 11) is 1.84. The van der Waals surface area contributed by atoms with Crippen molar-refractivity contribution in [1.29, 1.82) is 0 Å². The molecular formula is C11H19N. The molecule has 1 N–H and O–H groups in total. The van der Waals surface area contributed by atoms with E-state index in [-0.39, 0.29) is 0 Å². The number of nitrogens with one attached hydrogen (secondary N) is 1. The summed E-state index contributed by atoms with van der Waals surface area (Å²) in [5, 5.41) is 2.97. The Bertz CT molecular complexity index is 175. The van der Waals surface area contributed by atoms with Crippen LogP contribution in [0.3, 0.4) is 0 Å². The van der Waals surface area contributed by atoms with E-state index >= 15 is 0 Å². The van der Waals surface area contributed by atoms with E-state index in [0.717, 1.165) is 11.3 Å². The van der Waals surface area contributed by atoms with Gasteiger partial charge in [0.15, 0.2) is 0 Å². The first-order valence-electron chi connectivity index (χ1n) is 4.08. The molecule has 0 aliphatic heterocycles. The number of hydrogen-bond donors (Lipinski definition) is 1. The van der Waals surface area contributed by atoms with Crippen LogP contribution in [0.2, 0.25) is 0 Å². The zero-order valence-corrected chi connectivity index (χ0v) is 8.35. The van der Waals surface area contributed by atoms with E-state index in [1.807, 2.05) is 27.0 Å². The molecule has 0 rings (SSSR count). The highest BCUT2D eigenvalue weighted by molar-refractivity contribution is 5.36. The van der Waals surface area contributed by atoms with E-state index in [0.29, 0.717) is 0 Å². The van der Waals surface area contributed by atoms with E-state index in [1.54, 1.807) is 12.2 Å². The molecule has 0 aromatic heterocycles. The maximum atomic E-state index is 3.77. The first-order chi connectivity index (χ1) is 5.76. The number of rotatable bonds is 4. The van der Waals surface area contributed by atoms with Gasteiger partial charge in [0.25, 0.3) is 0 Å². The van der Waals surface area contributed by atoms with E-state index in [4.69, 9.17) is 0 Å². The van der Waals surface area contributed by atoms with Crippen molar-refractivity contribution >= 4 is 0 Å². The summed E-state index contributed by atoms with van der Waals surface area (Å²) < 4.78 is 0. The van der Waals surface area contributed by atoms with Crippen LogP contribution in [0.1, 0.15) is 13.8 Å². The van der Waals surface area contributed by atoms with Crippen molar-refractivity contribution in [3.8, 4) is 0 Å². The first-order valence-corrected chi connectivity index (χ1v) is 4.08. The number of hydrogen-bond acceptors (Lipinski definition) is 1. The maximum absolute atomic E-state index is 3.77. The van der Waals surface area contributed by atoms with E-state index < -0.39 is 0 Å². The second kappa shape index (κ2) is 9.76. The Labute approximate surface area is 76.2 Å². The molecule has 1 heteroatoms. The summed E-state index contributed by atoms with van der Waals surface area (Å²) in [5.41, 5.74) is 1.83. The Morgan fingerprint density at radius 1 is 1.25 bits per heavy atom. The summed E-state index contributed by atoms with van der Waals surface area (Å²) in [4.78, 5) is 0. The van der Waals surface area contributed by atoms with Crippen LogP contribution in [-0.2, 0) is 0 Å². The van der Waals surface area contributed by atoms with Crippen LogP contribution < -0.4 is 5.32 Å². The molecule has 0 aliphatic rings. The van der Waals surface area contributed by atoms with Gasteiger partial charge in [0.05, 0.1) is 0 Å². The topological polar surface area (TPSA) is 12.0 Å². The van der Waals surface area contributed by atoms with Gasteiger partial charge in [-0.3, -0.25) is 0 Å². The molecular weight excluding hydrogens is 146 g/mol. The lowest BCUT2D eigenvalue weighted by Crippen LogP contribution is -2.05. The molecule has 0 radical (unpaired) electrons. The van der Waals surface area contributed by atoms with Crippen LogP contribution in [0.4, 0.5) is 0 Å². The minimum absolute atomic E-state index is 0.877. The van der Waals surface area contributed by atoms with Crippen LogP contribution in [0, 0.1) is 0 Å². The van der Waals surface area contributed by atoms with Gasteiger partial charge in [-0.05, 0) is 11.6 Å². The second-order valence-corrected chi connectivity index (χ2v) is 1.80. The van der Waals surface area contributed by atoms with Gasteiger partial charge in [-0.25, -0.2) is 0 Å². The van der Waals surface area contributed by atoms with Crippen molar-refractivity contribution in [3.05, 3.63) is 49.2 Å². The average molecular weight is 165 g/mol. The summed E-state index contributed by atoms with van der Waals surface area (Å²) in [6, 6.07) is 0. The standard InChI is InChI=1S/C9H13N.C2H6/c1-5-7-9(10-4)8(3)6-2;1-2/h5-7,10H,1-3H2,4H3;1-2H3/b9-7+;. The zero-order valence-electron chi connectivity index (χ0n) is 8.35. The SMILES string of the molecule is C=C/C=C(/NC)C(=C)C=C.CC. The van der Waals surface area contributed by atoms with Crippen LogP contribution in [0.5, 0.6) is 0 Å². The lowest BCUT2D eigenvalue weighted by molar-refractivity contribution is 1.02. The minimum Gasteiger partial charge on any atom is -0.388 e. The van der Waals surface area contributed by atoms with Crippen LogP contribution in [-0.4, -0.2) is 7.05 Å². The van der Waals surface area contributed by atoms with Gasteiger partial charge < -0.3 is 5.32 Å². The van der Waals surface area contributed by atoms with E-state index in [9.17, 15) is 0 Å². The van der Waals surface area contributed by atoms with Gasteiger partial charge in [0.1, 0.15) is 0 Å². The fourth-order valence-electron chi connectivity index (χ4n) is 0.579. The van der Waals surface area contributed by atoms with Crippen molar-refractivity contribution in [2.75, 3.05) is 7.05 Å². The van der Waals surface area contributed by atoms with Crippen molar-refractivity contribution in [1.82, 2.24) is 5.32 Å². The Morgan fingerprint density at radius 2 is 1.75 bits per heavy atom. The average Bonchev–Trinajstić information content (AvgIpc) is 2.16. The predicted octanol–water partition coefficient (Wildman–Crippen LogP) is 3.04. The number of likely N-dealkylation sites (N-methyl/N-ethyl adjacent to an activating group) is 1. The predicted molar refractivity (Wildman–Crippen MR) is 58.0 cm³/mol. The Kier molecular flexibility index (Phi) is 10.9. The maximum Gasteiger partial charge on any atom is 0.0404 e. The Balaban J connectivity index is 0. The molecule has 0 aliphatic carbocycles. The molecule has 0 atom stereocenters. The molecule has 1 nitrogen and oxygen atoms in total. The van der Waals surface area contributed by atoms with Gasteiger partial charge in [-0.2, -0.15) is 0 Å².